The van der Waals surface area contributed by atoms with Gasteiger partial charge in [0.1, 0.15) is 11.5 Å². The lowest BCUT2D eigenvalue weighted by Crippen LogP contribution is -2.17. The van der Waals surface area contributed by atoms with Crippen molar-refractivity contribution in [2.24, 2.45) is 11.8 Å². The Morgan fingerprint density at radius 2 is 1.88 bits per heavy atom. The highest BCUT2D eigenvalue weighted by molar-refractivity contribution is 5.85. The van der Waals surface area contributed by atoms with Crippen molar-refractivity contribution in [1.29, 1.82) is 0 Å². The maximum Gasteiger partial charge on any atom is 0.139 e. The van der Waals surface area contributed by atoms with E-state index < -0.39 is 0 Å². The Bertz CT molecular complexity index is 380. The summed E-state index contributed by atoms with van der Waals surface area (Å²) in [4.78, 5) is 11.9. The number of hydrogen-bond acceptors (Lipinski definition) is 2. The lowest BCUT2D eigenvalue weighted by atomic mass is 9.85. The zero-order chi connectivity index (χ0) is 11.7. The first-order chi connectivity index (χ1) is 7.59. The van der Waals surface area contributed by atoms with E-state index in [2.05, 4.69) is 6.92 Å². The van der Waals surface area contributed by atoms with Gasteiger partial charge in [0, 0.05) is 11.8 Å². The number of phenolic OH excluding ortho intramolecular Hbond substituents is 1. The van der Waals surface area contributed by atoms with Crippen molar-refractivity contribution in [3.05, 3.63) is 29.8 Å². The number of aromatic hydroxyl groups is 1. The summed E-state index contributed by atoms with van der Waals surface area (Å²) < 4.78 is 0. The van der Waals surface area contributed by atoms with Gasteiger partial charge in [0.15, 0.2) is 0 Å². The molecular formula is C14H18O2. The van der Waals surface area contributed by atoms with Gasteiger partial charge in [-0.1, -0.05) is 26.0 Å². The van der Waals surface area contributed by atoms with Crippen molar-refractivity contribution in [3.8, 4) is 5.75 Å². The van der Waals surface area contributed by atoms with Crippen LogP contribution in [0.3, 0.4) is 0 Å². The smallest absolute Gasteiger partial charge is 0.139 e. The van der Waals surface area contributed by atoms with Crippen molar-refractivity contribution in [2.75, 3.05) is 0 Å². The van der Waals surface area contributed by atoms with Gasteiger partial charge in [0.25, 0.3) is 0 Å². The lowest BCUT2D eigenvalue weighted by molar-refractivity contribution is -0.123. The van der Waals surface area contributed by atoms with Crippen molar-refractivity contribution in [3.63, 3.8) is 0 Å². The number of hydrogen-bond donors (Lipinski definition) is 1. The molecule has 0 aliphatic heterocycles. The fourth-order valence-corrected chi connectivity index (χ4v) is 2.59. The molecule has 2 heteroatoms. The molecule has 16 heavy (non-hydrogen) atoms. The van der Waals surface area contributed by atoms with E-state index in [0.29, 0.717) is 5.78 Å². The monoisotopic (exact) mass is 218 g/mol. The van der Waals surface area contributed by atoms with Crippen molar-refractivity contribution >= 4 is 5.78 Å². The molecule has 3 unspecified atom stereocenters. The Morgan fingerprint density at radius 3 is 2.38 bits per heavy atom. The lowest BCUT2D eigenvalue weighted by Gasteiger charge is -2.18. The summed E-state index contributed by atoms with van der Waals surface area (Å²) in [5, 5.41) is 9.23. The molecule has 3 atom stereocenters. The predicted octanol–water partition coefficient (Wildman–Crippen LogP) is 3.11. The SMILES string of the molecule is CC1CCC(C(C)c2ccc(O)cc2)C1=O. The third-order valence-electron chi connectivity index (χ3n) is 3.78. The molecule has 0 spiro atoms. The number of benzene rings is 1. The molecule has 0 aromatic heterocycles. The molecule has 1 fully saturated rings. The van der Waals surface area contributed by atoms with Crippen molar-refractivity contribution in [2.45, 2.75) is 32.6 Å². The van der Waals surface area contributed by atoms with Crippen LogP contribution < -0.4 is 0 Å². The van der Waals surface area contributed by atoms with Crippen LogP contribution in [0.1, 0.15) is 38.2 Å². The Balaban J connectivity index is 2.16. The Hall–Kier alpha value is -1.31. The molecule has 1 aliphatic rings. The summed E-state index contributed by atoms with van der Waals surface area (Å²) in [7, 11) is 0. The Kier molecular flexibility index (Phi) is 2.99. The van der Waals surface area contributed by atoms with Crippen LogP contribution in [0.25, 0.3) is 0 Å². The molecule has 1 aromatic rings. The zero-order valence-corrected chi connectivity index (χ0v) is 9.81. The fourth-order valence-electron chi connectivity index (χ4n) is 2.59. The number of Topliss-reactive ketones (excluding diaryl/α,β-unsaturated/α-hetero) is 1. The molecule has 0 saturated heterocycles. The van der Waals surface area contributed by atoms with Crippen molar-refractivity contribution < 1.29 is 9.90 Å². The Morgan fingerprint density at radius 1 is 1.25 bits per heavy atom. The number of carbonyl (C=O) groups excluding carboxylic acids is 1. The molecule has 0 heterocycles. The third kappa shape index (κ3) is 1.97. The van der Waals surface area contributed by atoms with Crippen LogP contribution in [0, 0.1) is 11.8 Å². The molecule has 2 rings (SSSR count). The maximum absolute atomic E-state index is 11.9. The summed E-state index contributed by atoms with van der Waals surface area (Å²) in [6.45, 7) is 4.12. The minimum Gasteiger partial charge on any atom is -0.508 e. The molecule has 1 aliphatic carbocycles. The highest BCUT2D eigenvalue weighted by Gasteiger charge is 2.35. The van der Waals surface area contributed by atoms with E-state index in [4.69, 9.17) is 0 Å². The van der Waals surface area contributed by atoms with Gasteiger partial charge in [-0.25, -0.2) is 0 Å². The number of carbonyl (C=O) groups is 1. The molecule has 0 radical (unpaired) electrons. The standard InChI is InChI=1S/C14H18O2/c1-9-3-8-13(14(9)16)10(2)11-4-6-12(15)7-5-11/h4-7,9-10,13,15H,3,8H2,1-2H3. The first-order valence-electron chi connectivity index (χ1n) is 5.92. The Labute approximate surface area is 96.3 Å². The molecule has 2 nitrogen and oxygen atoms in total. The average molecular weight is 218 g/mol. The van der Waals surface area contributed by atoms with Crippen LogP contribution >= 0.6 is 0 Å². The first-order valence-corrected chi connectivity index (χ1v) is 5.92. The molecule has 0 bridgehead atoms. The van der Waals surface area contributed by atoms with Gasteiger partial charge in [0.2, 0.25) is 0 Å². The van der Waals surface area contributed by atoms with Crippen LogP contribution in [0.5, 0.6) is 5.75 Å². The van der Waals surface area contributed by atoms with Crippen LogP contribution in [0.15, 0.2) is 24.3 Å². The minimum atomic E-state index is 0.166. The second-order valence-electron chi connectivity index (χ2n) is 4.87. The summed E-state index contributed by atoms with van der Waals surface area (Å²) in [5.41, 5.74) is 1.14. The fraction of sp³-hybridized carbons (Fsp3) is 0.500. The van der Waals surface area contributed by atoms with Crippen LogP contribution in [-0.4, -0.2) is 10.9 Å². The zero-order valence-electron chi connectivity index (χ0n) is 9.81. The van der Waals surface area contributed by atoms with Gasteiger partial charge in [0.05, 0.1) is 0 Å². The summed E-state index contributed by atoms with van der Waals surface area (Å²) in [6, 6.07) is 7.20. The number of rotatable bonds is 2. The van der Waals surface area contributed by atoms with Gasteiger partial charge in [-0.15, -0.1) is 0 Å². The van der Waals surface area contributed by atoms with Crippen molar-refractivity contribution in [1.82, 2.24) is 0 Å². The van der Waals surface area contributed by atoms with Gasteiger partial charge in [-0.05, 0) is 36.5 Å². The second kappa shape index (κ2) is 4.28. The van der Waals surface area contributed by atoms with Crippen LogP contribution in [-0.2, 0) is 4.79 Å². The topological polar surface area (TPSA) is 37.3 Å². The van der Waals surface area contributed by atoms with Crippen LogP contribution in [0.2, 0.25) is 0 Å². The summed E-state index contributed by atoms with van der Waals surface area (Å²) in [5.74, 6) is 1.34. The van der Waals surface area contributed by atoms with Gasteiger partial charge in [-0.2, -0.15) is 0 Å². The van der Waals surface area contributed by atoms with E-state index in [1.165, 1.54) is 0 Å². The molecule has 0 amide bonds. The van der Waals surface area contributed by atoms with E-state index in [1.807, 2.05) is 19.1 Å². The molecule has 1 aromatic carbocycles. The maximum atomic E-state index is 11.9. The molecular weight excluding hydrogens is 200 g/mol. The van der Waals surface area contributed by atoms with Gasteiger partial charge < -0.3 is 5.11 Å². The van der Waals surface area contributed by atoms with E-state index in [-0.39, 0.29) is 23.5 Å². The number of phenols is 1. The van der Waals surface area contributed by atoms with E-state index in [1.54, 1.807) is 12.1 Å². The normalized spacial score (nSPS) is 27.0. The molecule has 1 saturated carbocycles. The second-order valence-corrected chi connectivity index (χ2v) is 4.87. The van der Waals surface area contributed by atoms with Crippen LogP contribution in [0.4, 0.5) is 0 Å². The van der Waals surface area contributed by atoms with Gasteiger partial charge >= 0.3 is 0 Å². The highest BCUT2D eigenvalue weighted by atomic mass is 16.3. The largest absolute Gasteiger partial charge is 0.508 e. The third-order valence-corrected chi connectivity index (χ3v) is 3.78. The highest BCUT2D eigenvalue weighted by Crippen LogP contribution is 2.37. The summed E-state index contributed by atoms with van der Waals surface area (Å²) >= 11 is 0. The average Bonchev–Trinajstić information content (AvgIpc) is 2.60. The number of ketones is 1. The predicted molar refractivity (Wildman–Crippen MR) is 63.4 cm³/mol. The van der Waals surface area contributed by atoms with E-state index in [9.17, 15) is 9.90 Å². The molecule has 1 N–H and O–H groups in total. The van der Waals surface area contributed by atoms with E-state index >= 15 is 0 Å². The van der Waals surface area contributed by atoms with E-state index in [0.717, 1.165) is 18.4 Å². The summed E-state index contributed by atoms with van der Waals surface area (Å²) in [6.07, 6.45) is 2.02. The van der Waals surface area contributed by atoms with Gasteiger partial charge in [-0.3, -0.25) is 4.79 Å². The quantitative estimate of drug-likeness (QED) is 0.828. The molecule has 86 valence electrons. The minimum absolute atomic E-state index is 0.166. The first kappa shape index (κ1) is 11.2.